The number of halogens is 2. The van der Waals surface area contributed by atoms with Gasteiger partial charge in [0.05, 0.1) is 12.0 Å². The summed E-state index contributed by atoms with van der Waals surface area (Å²) in [7, 11) is 0. The maximum absolute atomic E-state index is 10.5. The highest BCUT2D eigenvalue weighted by molar-refractivity contribution is 5.85. The zero-order valence-corrected chi connectivity index (χ0v) is 9.14. The van der Waals surface area contributed by atoms with Gasteiger partial charge in [-0.05, 0) is 0 Å². The van der Waals surface area contributed by atoms with Crippen molar-refractivity contribution < 1.29 is 9.90 Å². The third kappa shape index (κ3) is 3.53. The van der Waals surface area contributed by atoms with Crippen molar-refractivity contribution in [3.05, 3.63) is 18.2 Å². The molecule has 0 saturated heterocycles. The summed E-state index contributed by atoms with van der Waals surface area (Å²) in [6.07, 6.45) is 3.15. The molecule has 2 unspecified atom stereocenters. The van der Waals surface area contributed by atoms with E-state index in [1.54, 1.807) is 13.1 Å². The van der Waals surface area contributed by atoms with E-state index >= 15 is 0 Å². The average Bonchev–Trinajstić information content (AvgIpc) is 2.53. The molecule has 1 aromatic rings. The van der Waals surface area contributed by atoms with Crippen LogP contribution in [0.25, 0.3) is 0 Å². The number of carboxylic acids is 1. The van der Waals surface area contributed by atoms with E-state index in [0.29, 0.717) is 5.69 Å². The number of aromatic amines is 1. The van der Waals surface area contributed by atoms with Crippen molar-refractivity contribution in [2.45, 2.75) is 18.9 Å². The molecule has 1 aromatic heterocycles. The van der Waals surface area contributed by atoms with Crippen molar-refractivity contribution >= 4 is 30.8 Å². The van der Waals surface area contributed by atoms with Gasteiger partial charge in [0.2, 0.25) is 0 Å². The van der Waals surface area contributed by atoms with Crippen LogP contribution >= 0.6 is 24.8 Å². The number of hydrogen-bond acceptors (Lipinski definition) is 3. The molecule has 0 spiro atoms. The van der Waals surface area contributed by atoms with Gasteiger partial charge in [0, 0.05) is 12.1 Å². The van der Waals surface area contributed by atoms with E-state index in [-0.39, 0.29) is 30.7 Å². The van der Waals surface area contributed by atoms with E-state index in [1.807, 2.05) is 0 Å². The van der Waals surface area contributed by atoms with Gasteiger partial charge in [-0.25, -0.2) is 4.98 Å². The minimum Gasteiger partial charge on any atom is -0.480 e. The maximum Gasteiger partial charge on any atom is 0.321 e. The van der Waals surface area contributed by atoms with E-state index in [4.69, 9.17) is 10.8 Å². The number of nitrogens with one attached hydrogen (secondary N) is 1. The number of aromatic nitrogens is 2. The van der Waals surface area contributed by atoms with Crippen LogP contribution < -0.4 is 5.73 Å². The van der Waals surface area contributed by atoms with Crippen LogP contribution in [0.2, 0.25) is 0 Å². The molecule has 0 radical (unpaired) electrons. The van der Waals surface area contributed by atoms with Gasteiger partial charge in [0.25, 0.3) is 0 Å². The Bertz CT molecular complexity index is 266. The molecule has 1 rings (SSSR count). The third-order valence-corrected chi connectivity index (χ3v) is 1.81. The van der Waals surface area contributed by atoms with Gasteiger partial charge in [-0.2, -0.15) is 0 Å². The summed E-state index contributed by atoms with van der Waals surface area (Å²) in [4.78, 5) is 17.1. The number of nitrogens with zero attached hydrogens (tertiary/aromatic N) is 1. The number of carbonyl (C=O) groups is 1. The van der Waals surface area contributed by atoms with E-state index in [1.165, 1.54) is 6.33 Å². The normalized spacial score (nSPS) is 13.3. The lowest BCUT2D eigenvalue weighted by Crippen LogP contribution is -2.35. The number of imidazole rings is 1. The number of aliphatic carboxylic acids is 1. The van der Waals surface area contributed by atoms with E-state index in [9.17, 15) is 4.79 Å². The van der Waals surface area contributed by atoms with Gasteiger partial charge in [-0.15, -0.1) is 24.8 Å². The Morgan fingerprint density at radius 2 is 2.21 bits per heavy atom. The second-order valence-electron chi connectivity index (χ2n) is 2.65. The fraction of sp³-hybridized carbons (Fsp3) is 0.429. The van der Waals surface area contributed by atoms with Crippen LogP contribution in [-0.2, 0) is 4.79 Å². The largest absolute Gasteiger partial charge is 0.480 e. The molecular weight excluding hydrogens is 229 g/mol. The van der Waals surface area contributed by atoms with Crippen molar-refractivity contribution in [3.8, 4) is 0 Å². The molecule has 0 bridgehead atoms. The zero-order chi connectivity index (χ0) is 9.14. The molecule has 2 atom stereocenters. The summed E-state index contributed by atoms with van der Waals surface area (Å²) in [6.45, 7) is 1.73. The molecule has 14 heavy (non-hydrogen) atoms. The summed E-state index contributed by atoms with van der Waals surface area (Å²) < 4.78 is 0. The molecule has 0 aromatic carbocycles. The van der Waals surface area contributed by atoms with E-state index in [2.05, 4.69) is 9.97 Å². The molecule has 0 saturated carbocycles. The number of nitrogens with two attached hydrogens (primary N) is 1. The summed E-state index contributed by atoms with van der Waals surface area (Å²) in [5, 5.41) is 8.59. The first-order valence-corrected chi connectivity index (χ1v) is 3.60. The summed E-state index contributed by atoms with van der Waals surface area (Å²) in [6, 6.07) is -0.895. The van der Waals surface area contributed by atoms with E-state index in [0.717, 1.165) is 0 Å². The summed E-state index contributed by atoms with van der Waals surface area (Å²) >= 11 is 0. The average molecular weight is 242 g/mol. The molecule has 5 nitrogen and oxygen atoms in total. The highest BCUT2D eigenvalue weighted by Gasteiger charge is 2.22. The van der Waals surface area contributed by atoms with Crippen LogP contribution in [0.1, 0.15) is 18.5 Å². The smallest absolute Gasteiger partial charge is 0.321 e. The van der Waals surface area contributed by atoms with Crippen LogP contribution in [-0.4, -0.2) is 27.1 Å². The van der Waals surface area contributed by atoms with Crippen LogP contribution in [0.3, 0.4) is 0 Å². The Hall–Kier alpha value is -0.780. The van der Waals surface area contributed by atoms with E-state index < -0.39 is 12.0 Å². The molecule has 82 valence electrons. The lowest BCUT2D eigenvalue weighted by molar-refractivity contribution is -0.139. The number of H-pyrrole nitrogens is 1. The predicted octanol–water partition coefficient (Wildman–Crippen LogP) is 0.769. The van der Waals surface area contributed by atoms with Crippen molar-refractivity contribution in [1.82, 2.24) is 9.97 Å². The van der Waals surface area contributed by atoms with Gasteiger partial charge in [-0.1, -0.05) is 6.92 Å². The van der Waals surface area contributed by atoms with Crippen LogP contribution in [0.5, 0.6) is 0 Å². The zero-order valence-electron chi connectivity index (χ0n) is 7.51. The third-order valence-electron chi connectivity index (χ3n) is 1.81. The van der Waals surface area contributed by atoms with Crippen molar-refractivity contribution in [3.63, 3.8) is 0 Å². The Labute approximate surface area is 93.9 Å². The van der Waals surface area contributed by atoms with Gasteiger partial charge < -0.3 is 15.8 Å². The fourth-order valence-corrected chi connectivity index (χ4v) is 0.919. The SMILES string of the molecule is CC(c1c[nH]cn1)C(N)C(=O)O.Cl.Cl. The molecule has 0 aliphatic carbocycles. The van der Waals surface area contributed by atoms with Crippen molar-refractivity contribution in [1.29, 1.82) is 0 Å². The number of carboxylic acid groups (broad SMARTS) is 1. The number of hydrogen-bond donors (Lipinski definition) is 3. The first-order chi connectivity index (χ1) is 5.63. The predicted molar refractivity (Wildman–Crippen MR) is 57.1 cm³/mol. The highest BCUT2D eigenvalue weighted by atomic mass is 35.5. The minimum absolute atomic E-state index is 0. The first kappa shape index (κ1) is 15.7. The van der Waals surface area contributed by atoms with Gasteiger partial charge in [-0.3, -0.25) is 4.79 Å². The second kappa shape index (κ2) is 6.64. The van der Waals surface area contributed by atoms with Crippen molar-refractivity contribution in [2.24, 2.45) is 5.73 Å². The Morgan fingerprint density at radius 3 is 2.57 bits per heavy atom. The molecule has 0 fully saturated rings. The van der Waals surface area contributed by atoms with Gasteiger partial charge in [0.15, 0.2) is 0 Å². The van der Waals surface area contributed by atoms with Gasteiger partial charge in [0.1, 0.15) is 6.04 Å². The topological polar surface area (TPSA) is 92.0 Å². The van der Waals surface area contributed by atoms with Crippen LogP contribution in [0, 0.1) is 0 Å². The first-order valence-electron chi connectivity index (χ1n) is 3.60. The highest BCUT2D eigenvalue weighted by Crippen LogP contribution is 2.14. The molecule has 0 aliphatic rings. The lowest BCUT2D eigenvalue weighted by Gasteiger charge is -2.12. The number of rotatable bonds is 3. The Kier molecular flexibility index (Phi) is 7.44. The van der Waals surface area contributed by atoms with Crippen molar-refractivity contribution in [2.75, 3.05) is 0 Å². The summed E-state index contributed by atoms with van der Waals surface area (Å²) in [5.74, 6) is -1.28. The molecule has 7 heteroatoms. The maximum atomic E-state index is 10.5. The Balaban J connectivity index is 0. The van der Waals surface area contributed by atoms with Gasteiger partial charge >= 0.3 is 5.97 Å². The quantitative estimate of drug-likeness (QED) is 0.729. The monoisotopic (exact) mass is 241 g/mol. The summed E-state index contributed by atoms with van der Waals surface area (Å²) in [5.41, 5.74) is 6.07. The Morgan fingerprint density at radius 1 is 1.64 bits per heavy atom. The van der Waals surface area contributed by atoms with Crippen LogP contribution in [0.4, 0.5) is 0 Å². The molecule has 1 heterocycles. The molecule has 0 amide bonds. The molecular formula is C7H13Cl2N3O2. The molecule has 4 N–H and O–H groups in total. The lowest BCUT2D eigenvalue weighted by atomic mass is 10.0. The molecule has 0 aliphatic heterocycles. The standard InChI is InChI=1S/C7H11N3O2.2ClH/c1-4(6(8)7(11)12)5-2-9-3-10-5;;/h2-4,6H,8H2,1H3,(H,9,10)(H,11,12);2*1H. The fourth-order valence-electron chi connectivity index (χ4n) is 0.919. The van der Waals surface area contributed by atoms with Crippen LogP contribution in [0.15, 0.2) is 12.5 Å². The second-order valence-corrected chi connectivity index (χ2v) is 2.65. The minimum atomic E-state index is -1.01.